The summed E-state index contributed by atoms with van der Waals surface area (Å²) < 4.78 is 4.95. The molecule has 3 aromatic rings. The zero-order valence-corrected chi connectivity index (χ0v) is 22.0. The molecule has 0 unspecified atom stereocenters. The van der Waals surface area contributed by atoms with Crippen LogP contribution in [0.15, 0.2) is 36.4 Å². The second kappa shape index (κ2) is 11.9. The minimum Gasteiger partial charge on any atom is -0.465 e. The Morgan fingerprint density at radius 1 is 1.06 bits per heavy atom. The summed E-state index contributed by atoms with van der Waals surface area (Å²) in [6.45, 7) is 6.69. The fourth-order valence-corrected chi connectivity index (χ4v) is 4.79. The van der Waals surface area contributed by atoms with E-state index < -0.39 is 5.97 Å². The molecule has 35 heavy (non-hydrogen) atoms. The van der Waals surface area contributed by atoms with Gasteiger partial charge in [-0.3, -0.25) is 4.79 Å². The van der Waals surface area contributed by atoms with Crippen LogP contribution in [0, 0.1) is 6.92 Å². The van der Waals surface area contributed by atoms with Crippen molar-refractivity contribution in [2.24, 2.45) is 0 Å². The normalized spacial score (nSPS) is 10.4. The largest absolute Gasteiger partial charge is 0.465 e. The van der Waals surface area contributed by atoms with E-state index in [0.717, 1.165) is 11.4 Å². The van der Waals surface area contributed by atoms with Crippen molar-refractivity contribution in [2.75, 3.05) is 36.1 Å². The van der Waals surface area contributed by atoms with E-state index in [4.69, 9.17) is 28.6 Å². The molecule has 1 amide bonds. The maximum Gasteiger partial charge on any atom is 0.341 e. The number of carbonyl (C=O) groups is 2. The number of halogens is 1. The maximum absolute atomic E-state index is 12.9. The number of benzene rings is 1. The lowest BCUT2D eigenvalue weighted by atomic mass is 10.1. The van der Waals surface area contributed by atoms with Gasteiger partial charge >= 0.3 is 5.97 Å². The molecule has 0 saturated carbocycles. The molecule has 2 aromatic heterocycles. The van der Waals surface area contributed by atoms with Gasteiger partial charge in [-0.05, 0) is 75.0 Å². The monoisotopic (exact) mass is 532 g/mol. The number of thiocarbonyl (C=S) groups is 1. The summed E-state index contributed by atoms with van der Waals surface area (Å²) in [5, 5.41) is 18.0. The first-order valence-corrected chi connectivity index (χ1v) is 12.3. The van der Waals surface area contributed by atoms with Crippen molar-refractivity contribution in [1.29, 1.82) is 0 Å². The number of hydrogen-bond donors (Lipinski definition) is 3. The number of amides is 1. The fraction of sp³-hybridized carbons (Fsp3) is 0.261. The third-order valence-corrected chi connectivity index (χ3v) is 6.66. The molecule has 0 atom stereocenters. The number of ether oxygens (including phenoxy) is 1. The van der Waals surface area contributed by atoms with Crippen molar-refractivity contribution in [1.82, 2.24) is 15.1 Å². The molecular formula is C23H25ClN6O3S2. The van der Waals surface area contributed by atoms with E-state index in [1.165, 1.54) is 18.4 Å². The van der Waals surface area contributed by atoms with Gasteiger partial charge in [-0.15, -0.1) is 21.5 Å². The zero-order chi connectivity index (χ0) is 25.5. The Kier molecular flexibility index (Phi) is 8.96. The summed E-state index contributed by atoms with van der Waals surface area (Å²) in [5.74, 6) is -0.114. The van der Waals surface area contributed by atoms with Crippen LogP contribution in [-0.4, -0.2) is 52.3 Å². The first-order valence-electron chi connectivity index (χ1n) is 10.7. The zero-order valence-electron chi connectivity index (χ0n) is 19.6. The molecule has 0 spiro atoms. The quantitative estimate of drug-likeness (QED) is 0.262. The van der Waals surface area contributed by atoms with Gasteiger partial charge < -0.3 is 25.6 Å². The first kappa shape index (κ1) is 26.3. The average molecular weight is 533 g/mol. The molecule has 2 heterocycles. The number of rotatable bonds is 8. The smallest absolute Gasteiger partial charge is 0.341 e. The number of hydrogen-bond acceptors (Lipinski definition) is 8. The number of aromatic nitrogens is 2. The van der Waals surface area contributed by atoms with Crippen molar-refractivity contribution >= 4 is 74.3 Å². The van der Waals surface area contributed by atoms with Crippen LogP contribution in [0.4, 0.5) is 22.2 Å². The van der Waals surface area contributed by atoms with Crippen LogP contribution < -0.4 is 16.0 Å². The van der Waals surface area contributed by atoms with E-state index in [0.29, 0.717) is 45.1 Å². The maximum atomic E-state index is 12.9. The summed E-state index contributed by atoms with van der Waals surface area (Å²) in [4.78, 5) is 27.6. The molecule has 0 fully saturated rings. The molecule has 3 rings (SSSR count). The molecule has 0 aliphatic rings. The van der Waals surface area contributed by atoms with Gasteiger partial charge in [0.2, 0.25) is 0 Å². The van der Waals surface area contributed by atoms with E-state index >= 15 is 0 Å². The van der Waals surface area contributed by atoms with Crippen molar-refractivity contribution in [2.45, 2.75) is 20.8 Å². The predicted octanol–water partition coefficient (Wildman–Crippen LogP) is 5.32. The predicted molar refractivity (Wildman–Crippen MR) is 144 cm³/mol. The molecule has 0 radical (unpaired) electrons. The second-order valence-corrected chi connectivity index (χ2v) is 9.07. The van der Waals surface area contributed by atoms with Gasteiger partial charge in [-0.1, -0.05) is 11.6 Å². The van der Waals surface area contributed by atoms with Gasteiger partial charge in [0.15, 0.2) is 16.1 Å². The highest BCUT2D eigenvalue weighted by atomic mass is 35.5. The van der Waals surface area contributed by atoms with Crippen LogP contribution in [-0.2, 0) is 4.74 Å². The molecule has 12 heteroatoms. The minimum absolute atomic E-state index is 0.136. The fourth-order valence-electron chi connectivity index (χ4n) is 3.24. The Hall–Kier alpha value is -3.28. The second-order valence-electron chi connectivity index (χ2n) is 7.25. The average Bonchev–Trinajstić information content (AvgIpc) is 3.17. The number of nitrogens with zero attached hydrogens (tertiary/aromatic N) is 3. The third-order valence-electron chi connectivity index (χ3n) is 5.06. The van der Waals surface area contributed by atoms with Gasteiger partial charge in [0.25, 0.3) is 5.91 Å². The van der Waals surface area contributed by atoms with E-state index in [2.05, 4.69) is 26.1 Å². The Morgan fingerprint density at radius 3 is 2.29 bits per heavy atom. The highest BCUT2D eigenvalue weighted by Gasteiger charge is 2.27. The summed E-state index contributed by atoms with van der Waals surface area (Å²) in [6, 6.07) is 10.7. The molecule has 1 aromatic carbocycles. The van der Waals surface area contributed by atoms with Gasteiger partial charge in [-0.25, -0.2) is 4.79 Å². The molecule has 0 bridgehead atoms. The molecule has 0 saturated heterocycles. The number of esters is 1. The summed E-state index contributed by atoms with van der Waals surface area (Å²) in [6.07, 6.45) is 0. The van der Waals surface area contributed by atoms with Crippen molar-refractivity contribution in [3.05, 3.63) is 57.6 Å². The van der Waals surface area contributed by atoms with Crippen LogP contribution in [0.5, 0.6) is 0 Å². The Bertz CT molecular complexity index is 1210. The molecule has 184 valence electrons. The summed E-state index contributed by atoms with van der Waals surface area (Å²) in [7, 11) is 1.30. The van der Waals surface area contributed by atoms with Gasteiger partial charge in [0, 0.05) is 24.5 Å². The number of anilines is 4. The Morgan fingerprint density at radius 2 is 1.71 bits per heavy atom. The molecule has 3 N–H and O–H groups in total. The lowest BCUT2D eigenvalue weighted by molar-refractivity contribution is 0.0601. The van der Waals surface area contributed by atoms with E-state index in [1.54, 1.807) is 24.0 Å². The molecule has 0 aliphatic carbocycles. The van der Waals surface area contributed by atoms with Crippen LogP contribution in [0.3, 0.4) is 0 Å². The number of carbonyl (C=O) groups excluding carboxylic acids is 2. The van der Waals surface area contributed by atoms with Crippen LogP contribution in [0.2, 0.25) is 5.15 Å². The summed E-state index contributed by atoms with van der Waals surface area (Å²) >= 11 is 12.4. The van der Waals surface area contributed by atoms with Gasteiger partial charge in [0.1, 0.15) is 5.00 Å². The van der Waals surface area contributed by atoms with Crippen molar-refractivity contribution < 1.29 is 14.3 Å². The van der Waals surface area contributed by atoms with Gasteiger partial charge in [-0.2, -0.15) is 0 Å². The van der Waals surface area contributed by atoms with Gasteiger partial charge in [0.05, 0.1) is 17.6 Å². The van der Waals surface area contributed by atoms with E-state index in [9.17, 15) is 9.59 Å². The van der Waals surface area contributed by atoms with E-state index in [-0.39, 0.29) is 11.0 Å². The topological polar surface area (TPSA) is 108 Å². The lowest BCUT2D eigenvalue weighted by Gasteiger charge is -2.18. The SMILES string of the molecule is CCN(CC)C(=O)c1sc(NC(=S)Nc2ccc(Nc3ccc(Cl)nn3)cc2)c(C(=O)OC)c1C. The Labute approximate surface area is 217 Å². The molecule has 0 aliphatic heterocycles. The van der Waals surface area contributed by atoms with E-state index in [1.807, 2.05) is 38.1 Å². The van der Waals surface area contributed by atoms with Crippen LogP contribution >= 0.6 is 35.2 Å². The molecular weight excluding hydrogens is 508 g/mol. The minimum atomic E-state index is -0.539. The van der Waals surface area contributed by atoms with Crippen LogP contribution in [0.25, 0.3) is 0 Å². The number of methoxy groups -OCH3 is 1. The number of nitrogens with one attached hydrogen (secondary N) is 3. The van der Waals surface area contributed by atoms with Crippen molar-refractivity contribution in [3.63, 3.8) is 0 Å². The first-order chi connectivity index (χ1) is 16.8. The van der Waals surface area contributed by atoms with Crippen LogP contribution in [0.1, 0.15) is 39.4 Å². The molecule has 9 nitrogen and oxygen atoms in total. The standard InChI is InChI=1S/C23H25ClN6O3S2/c1-5-30(6-2)21(31)19-13(3)18(22(32)33-4)20(35-19)27-23(34)26-15-9-7-14(8-10-15)25-17-12-11-16(24)28-29-17/h7-12H,5-6H2,1-4H3,(H,25,29)(H2,26,27,34). The highest BCUT2D eigenvalue weighted by molar-refractivity contribution is 7.80. The summed E-state index contributed by atoms with van der Waals surface area (Å²) in [5.41, 5.74) is 2.38. The Balaban J connectivity index is 1.74. The lowest BCUT2D eigenvalue weighted by Crippen LogP contribution is -2.30. The number of thiophene rings is 1. The highest BCUT2D eigenvalue weighted by Crippen LogP contribution is 2.34. The third kappa shape index (κ3) is 6.44. The van der Waals surface area contributed by atoms with Crippen molar-refractivity contribution in [3.8, 4) is 0 Å².